The van der Waals surface area contributed by atoms with Gasteiger partial charge in [-0.05, 0) is 37.3 Å². The number of amides is 2. The van der Waals surface area contributed by atoms with Gasteiger partial charge in [0.25, 0.3) is 0 Å². The Labute approximate surface area is 217 Å². The summed E-state index contributed by atoms with van der Waals surface area (Å²) in [5, 5.41) is 19.5. The number of hydrogen-bond acceptors (Lipinski definition) is 6. The molecule has 0 bridgehead atoms. The number of carbonyl (C=O) groups excluding carboxylic acids is 1. The van der Waals surface area contributed by atoms with E-state index >= 15 is 0 Å². The van der Waals surface area contributed by atoms with Crippen LogP contribution in [-0.4, -0.2) is 57.0 Å². The van der Waals surface area contributed by atoms with Crippen molar-refractivity contribution in [1.82, 2.24) is 9.21 Å². The first-order valence-corrected chi connectivity index (χ1v) is 12.8. The number of likely N-dealkylation sites (N-methyl/N-ethyl adjacent to an activating group) is 1. The normalized spacial score (nSPS) is 19.3. The third-order valence-electron chi connectivity index (χ3n) is 6.46. The van der Waals surface area contributed by atoms with E-state index in [4.69, 9.17) is 4.74 Å². The van der Waals surface area contributed by atoms with Crippen molar-refractivity contribution < 1.29 is 31.1 Å². The van der Waals surface area contributed by atoms with Crippen molar-refractivity contribution >= 4 is 21.7 Å². The van der Waals surface area contributed by atoms with Crippen LogP contribution in [0.15, 0.2) is 58.6 Å². The van der Waals surface area contributed by atoms with Crippen molar-refractivity contribution in [2.45, 2.75) is 24.0 Å². The second-order valence-corrected chi connectivity index (χ2v) is 10.6. The summed E-state index contributed by atoms with van der Waals surface area (Å²) in [5.74, 6) is 0. The van der Waals surface area contributed by atoms with Crippen molar-refractivity contribution in [2.75, 3.05) is 38.3 Å². The Bertz CT molecular complexity index is 1500. The number of halogens is 3. The summed E-state index contributed by atoms with van der Waals surface area (Å²) < 4.78 is 73.7. The molecule has 0 radical (unpaired) electrons. The van der Waals surface area contributed by atoms with Crippen LogP contribution in [0, 0.1) is 22.7 Å². The molecule has 0 aliphatic carbocycles. The summed E-state index contributed by atoms with van der Waals surface area (Å²) in [6.45, 7) is 1.95. The molecule has 4 rings (SSSR count). The standard InChI is InChI=1S/C25H22F3N5O4S/c1-16-21(15-30)23(31(2)24(34)33(16)19-5-3-4-18(13-19)25(26,27)28)20-7-6-17(14-29)12-22(20)38(35,36)32-8-10-37-11-9-32/h3-7,12-13,23H,8-11H2,1-2H3. The topological polar surface area (TPSA) is 118 Å². The number of hydrogen-bond donors (Lipinski definition) is 0. The van der Waals surface area contributed by atoms with Gasteiger partial charge in [0.05, 0.1) is 58.7 Å². The largest absolute Gasteiger partial charge is 0.416 e. The predicted octanol–water partition coefficient (Wildman–Crippen LogP) is 4.01. The van der Waals surface area contributed by atoms with Crippen molar-refractivity contribution in [1.29, 1.82) is 10.5 Å². The Balaban J connectivity index is 1.89. The quantitative estimate of drug-likeness (QED) is 0.573. The molecule has 1 unspecified atom stereocenters. The summed E-state index contributed by atoms with van der Waals surface area (Å²) in [6, 6.07) is 10.1. The number of carbonyl (C=O) groups is 1. The third-order valence-corrected chi connectivity index (χ3v) is 8.41. The van der Waals surface area contributed by atoms with Gasteiger partial charge >= 0.3 is 12.2 Å². The van der Waals surface area contributed by atoms with Crippen LogP contribution in [0.3, 0.4) is 0 Å². The van der Waals surface area contributed by atoms with Crippen molar-refractivity contribution in [3.05, 3.63) is 70.4 Å². The number of urea groups is 1. The molecule has 2 aromatic rings. The van der Waals surface area contributed by atoms with Crippen LogP contribution in [0.5, 0.6) is 0 Å². The Morgan fingerprint density at radius 3 is 2.34 bits per heavy atom. The van der Waals surface area contributed by atoms with E-state index in [1.807, 2.05) is 12.1 Å². The fourth-order valence-electron chi connectivity index (χ4n) is 4.53. The van der Waals surface area contributed by atoms with Crippen LogP contribution >= 0.6 is 0 Å². The fourth-order valence-corrected chi connectivity index (χ4v) is 6.20. The summed E-state index contributed by atoms with van der Waals surface area (Å²) >= 11 is 0. The predicted molar refractivity (Wildman–Crippen MR) is 129 cm³/mol. The number of anilines is 1. The summed E-state index contributed by atoms with van der Waals surface area (Å²) in [4.78, 5) is 15.4. The first-order chi connectivity index (χ1) is 17.9. The zero-order chi connectivity index (χ0) is 27.8. The van der Waals surface area contributed by atoms with E-state index in [-0.39, 0.29) is 59.3 Å². The number of rotatable bonds is 4. The van der Waals surface area contributed by atoms with Gasteiger partial charge in [-0.2, -0.15) is 28.0 Å². The molecule has 2 heterocycles. The van der Waals surface area contributed by atoms with E-state index in [0.29, 0.717) is 0 Å². The average Bonchev–Trinajstić information content (AvgIpc) is 2.90. The molecular weight excluding hydrogens is 523 g/mol. The van der Waals surface area contributed by atoms with E-state index in [1.165, 1.54) is 42.5 Å². The molecule has 9 nitrogen and oxygen atoms in total. The summed E-state index contributed by atoms with van der Waals surface area (Å²) in [7, 11) is -2.82. The number of alkyl halides is 3. The van der Waals surface area contributed by atoms with Crippen molar-refractivity contribution in [2.24, 2.45) is 0 Å². The minimum absolute atomic E-state index is 0.0346. The average molecular weight is 546 g/mol. The summed E-state index contributed by atoms with van der Waals surface area (Å²) in [5.41, 5.74) is -0.890. The highest BCUT2D eigenvalue weighted by atomic mass is 32.2. The van der Waals surface area contributed by atoms with Gasteiger partial charge in [0, 0.05) is 31.4 Å². The number of morpholine rings is 1. The zero-order valence-corrected chi connectivity index (χ0v) is 21.2. The van der Waals surface area contributed by atoms with Gasteiger partial charge in [-0.1, -0.05) is 12.1 Å². The van der Waals surface area contributed by atoms with Gasteiger partial charge in [-0.15, -0.1) is 0 Å². The molecule has 198 valence electrons. The molecular formula is C25H22F3N5O4S. The number of sulfonamides is 1. The summed E-state index contributed by atoms with van der Waals surface area (Å²) in [6.07, 6.45) is -4.65. The molecule has 0 N–H and O–H groups in total. The van der Waals surface area contributed by atoms with Crippen molar-refractivity contribution in [3.8, 4) is 12.1 Å². The van der Waals surface area contributed by atoms with Crippen LogP contribution in [-0.2, 0) is 20.9 Å². The zero-order valence-electron chi connectivity index (χ0n) is 20.4. The Hall–Kier alpha value is -3.91. The van der Waals surface area contributed by atoms with E-state index in [1.54, 1.807) is 0 Å². The molecule has 1 fully saturated rings. The minimum Gasteiger partial charge on any atom is -0.379 e. The number of nitriles is 2. The maximum atomic E-state index is 13.6. The lowest BCUT2D eigenvalue weighted by molar-refractivity contribution is -0.137. The molecule has 38 heavy (non-hydrogen) atoms. The molecule has 0 saturated carbocycles. The highest BCUT2D eigenvalue weighted by Crippen LogP contribution is 2.42. The van der Waals surface area contributed by atoms with E-state index in [0.717, 1.165) is 28.0 Å². The lowest BCUT2D eigenvalue weighted by Gasteiger charge is -2.40. The monoisotopic (exact) mass is 545 g/mol. The van der Waals surface area contributed by atoms with Gasteiger partial charge in [0.2, 0.25) is 10.0 Å². The van der Waals surface area contributed by atoms with Crippen LogP contribution in [0.2, 0.25) is 0 Å². The van der Waals surface area contributed by atoms with Crippen molar-refractivity contribution in [3.63, 3.8) is 0 Å². The SMILES string of the molecule is CC1=C(C#N)C(c2ccc(C#N)cc2S(=O)(=O)N2CCOCC2)N(C)C(=O)N1c1cccc(C(F)(F)F)c1. The van der Waals surface area contributed by atoms with E-state index < -0.39 is 33.8 Å². The van der Waals surface area contributed by atoms with E-state index in [2.05, 4.69) is 0 Å². The van der Waals surface area contributed by atoms with Crippen LogP contribution in [0.25, 0.3) is 0 Å². The maximum absolute atomic E-state index is 13.6. The first-order valence-electron chi connectivity index (χ1n) is 11.4. The second kappa shape index (κ2) is 10.1. The number of benzene rings is 2. The lowest BCUT2D eigenvalue weighted by Crippen LogP contribution is -2.48. The molecule has 2 aromatic carbocycles. The Morgan fingerprint density at radius 2 is 1.74 bits per heavy atom. The van der Waals surface area contributed by atoms with Crippen LogP contribution < -0.4 is 4.90 Å². The number of ether oxygens (including phenoxy) is 1. The van der Waals surface area contributed by atoms with Gasteiger partial charge < -0.3 is 9.64 Å². The highest BCUT2D eigenvalue weighted by Gasteiger charge is 2.42. The lowest BCUT2D eigenvalue weighted by atomic mass is 9.93. The minimum atomic E-state index is -4.65. The van der Waals surface area contributed by atoms with Crippen LogP contribution in [0.4, 0.5) is 23.7 Å². The first kappa shape index (κ1) is 27.1. The third kappa shape index (κ3) is 4.72. The molecule has 0 aromatic heterocycles. The molecule has 2 aliphatic rings. The van der Waals surface area contributed by atoms with Gasteiger partial charge in [-0.3, -0.25) is 4.90 Å². The Morgan fingerprint density at radius 1 is 1.05 bits per heavy atom. The molecule has 2 aliphatic heterocycles. The highest BCUT2D eigenvalue weighted by molar-refractivity contribution is 7.89. The Kier molecular flexibility index (Phi) is 7.21. The van der Waals surface area contributed by atoms with Gasteiger partial charge in [0.1, 0.15) is 0 Å². The second-order valence-electron chi connectivity index (χ2n) is 8.67. The van der Waals surface area contributed by atoms with Gasteiger partial charge in [0.15, 0.2) is 0 Å². The molecule has 1 atom stereocenters. The smallest absolute Gasteiger partial charge is 0.379 e. The fraction of sp³-hybridized carbons (Fsp3) is 0.320. The number of allylic oxidation sites excluding steroid dienone is 1. The van der Waals surface area contributed by atoms with E-state index in [9.17, 15) is 36.9 Å². The van der Waals surface area contributed by atoms with Crippen LogP contribution in [0.1, 0.15) is 29.7 Å². The molecule has 0 spiro atoms. The maximum Gasteiger partial charge on any atom is 0.416 e. The molecule has 13 heteroatoms. The number of nitrogens with zero attached hydrogens (tertiary/aromatic N) is 5. The molecule has 1 saturated heterocycles. The molecule has 2 amide bonds. The van der Waals surface area contributed by atoms with Gasteiger partial charge in [-0.25, -0.2) is 13.2 Å².